The van der Waals surface area contributed by atoms with E-state index >= 15 is 0 Å². The Kier molecular flexibility index (Phi) is 8.75. The highest BCUT2D eigenvalue weighted by molar-refractivity contribution is 6.21. The molecule has 1 aromatic carbocycles. The third-order valence-electron chi connectivity index (χ3n) is 11.3. The number of fused-ring (bicyclic) bond motifs is 1. The van der Waals surface area contributed by atoms with Gasteiger partial charge in [-0.3, -0.25) is 34.2 Å². The van der Waals surface area contributed by atoms with Gasteiger partial charge in [0.2, 0.25) is 11.8 Å². The van der Waals surface area contributed by atoms with E-state index in [9.17, 15) is 24.0 Å². The number of nitrogens with zero attached hydrogens (tertiary/aromatic N) is 5. The first kappa shape index (κ1) is 33.8. The summed E-state index contributed by atoms with van der Waals surface area (Å²) in [5, 5.41) is 5.46. The molecule has 2 N–H and O–H groups in total. The lowest BCUT2D eigenvalue weighted by molar-refractivity contribution is -0.136. The molecule has 1 unspecified atom stereocenters. The summed E-state index contributed by atoms with van der Waals surface area (Å²) in [7, 11) is 0. The van der Waals surface area contributed by atoms with Crippen LogP contribution in [0.1, 0.15) is 110 Å². The molecular formula is C38H45N7O5. The van der Waals surface area contributed by atoms with E-state index in [2.05, 4.69) is 69.9 Å². The quantitative estimate of drug-likeness (QED) is 0.360. The molecule has 50 heavy (non-hydrogen) atoms. The fourth-order valence-corrected chi connectivity index (χ4v) is 9.04. The summed E-state index contributed by atoms with van der Waals surface area (Å²) < 4.78 is 0. The van der Waals surface area contributed by atoms with Crippen molar-refractivity contribution in [1.82, 2.24) is 30.4 Å². The van der Waals surface area contributed by atoms with Gasteiger partial charge in [-0.1, -0.05) is 39.5 Å². The van der Waals surface area contributed by atoms with Gasteiger partial charge in [0.05, 0.1) is 6.20 Å². The number of likely N-dealkylation sites (tertiary alicyclic amines) is 1. The van der Waals surface area contributed by atoms with Crippen LogP contribution in [0.2, 0.25) is 0 Å². The number of aromatic nitrogens is 2. The fraction of sp³-hybridized carbons (Fsp3) is 0.553. The van der Waals surface area contributed by atoms with Crippen molar-refractivity contribution in [3.05, 3.63) is 53.0 Å². The fourth-order valence-electron chi connectivity index (χ4n) is 9.04. The highest BCUT2D eigenvalue weighted by Gasteiger charge is 2.53. The SMILES string of the molecule is CC1(C)CC(C)(C)C1NC(=O)c1ccc(C#CC2CCN(C3CCN(c4cnc5c(n4)C(=O)N(C4CCC(=O)NC4=O)C5=O)CC3)CC2)cc1. The molecule has 5 aliphatic rings. The summed E-state index contributed by atoms with van der Waals surface area (Å²) in [6.07, 6.45) is 6.68. The van der Waals surface area contributed by atoms with Crippen molar-refractivity contribution in [1.29, 1.82) is 0 Å². The van der Waals surface area contributed by atoms with Crippen LogP contribution in [0, 0.1) is 28.6 Å². The van der Waals surface area contributed by atoms with Crippen molar-refractivity contribution in [2.24, 2.45) is 16.7 Å². The molecule has 1 atom stereocenters. The van der Waals surface area contributed by atoms with Crippen LogP contribution in [-0.4, -0.2) is 93.6 Å². The molecule has 5 amide bonds. The van der Waals surface area contributed by atoms with Gasteiger partial charge >= 0.3 is 0 Å². The number of rotatable bonds is 5. The van der Waals surface area contributed by atoms with Gasteiger partial charge in [0.1, 0.15) is 11.9 Å². The zero-order valence-corrected chi connectivity index (χ0v) is 29.3. The molecule has 0 bridgehead atoms. The molecule has 3 saturated heterocycles. The zero-order chi connectivity index (χ0) is 35.4. The van der Waals surface area contributed by atoms with Gasteiger partial charge in [-0.05, 0) is 86.7 Å². The summed E-state index contributed by atoms with van der Waals surface area (Å²) in [5.41, 5.74) is 1.70. The van der Waals surface area contributed by atoms with Crippen molar-refractivity contribution < 1.29 is 24.0 Å². The lowest BCUT2D eigenvalue weighted by Gasteiger charge is -2.57. The van der Waals surface area contributed by atoms with Gasteiger partial charge in [-0.25, -0.2) is 9.97 Å². The second-order valence-corrected chi connectivity index (χ2v) is 15.8. The van der Waals surface area contributed by atoms with E-state index in [1.54, 1.807) is 0 Å². The van der Waals surface area contributed by atoms with Crippen LogP contribution in [0.5, 0.6) is 0 Å². The molecule has 1 aromatic heterocycles. The van der Waals surface area contributed by atoms with Gasteiger partial charge < -0.3 is 15.1 Å². The van der Waals surface area contributed by atoms with Crippen LogP contribution in [0.4, 0.5) is 5.82 Å². The maximum absolute atomic E-state index is 13.2. The zero-order valence-electron chi connectivity index (χ0n) is 29.3. The first-order valence-corrected chi connectivity index (χ1v) is 17.8. The summed E-state index contributed by atoms with van der Waals surface area (Å²) in [5.74, 6) is 5.29. The van der Waals surface area contributed by atoms with Crippen LogP contribution >= 0.6 is 0 Å². The number of carbonyl (C=O) groups excluding carboxylic acids is 5. The van der Waals surface area contributed by atoms with E-state index in [1.165, 1.54) is 6.20 Å². The standard InChI is InChI=1S/C38H45N7O5/c1-37(2)22-38(3,4)36(37)42-32(47)25-9-7-23(8-10-25)5-6-24-13-17-43(18-14-24)26-15-19-44(20-16-26)28-21-39-30-31(40-28)35(50)45(34(30)49)27-11-12-29(46)41-33(27)48/h7-10,21,24,26-27,36H,11-20,22H2,1-4H3,(H,42,47)(H,41,46,48). The Morgan fingerprint density at radius 2 is 1.54 bits per heavy atom. The second-order valence-electron chi connectivity index (χ2n) is 15.8. The molecule has 0 radical (unpaired) electrons. The number of hydrogen-bond acceptors (Lipinski definition) is 9. The lowest BCUT2D eigenvalue weighted by Crippen LogP contribution is -2.63. The summed E-state index contributed by atoms with van der Waals surface area (Å²) in [6.45, 7) is 12.3. The first-order valence-electron chi connectivity index (χ1n) is 17.8. The average Bonchev–Trinajstić information content (AvgIpc) is 3.34. The second kappa shape index (κ2) is 12.9. The molecule has 4 fully saturated rings. The van der Waals surface area contributed by atoms with Crippen molar-refractivity contribution in [2.45, 2.75) is 90.8 Å². The minimum absolute atomic E-state index is 0.0290. The Morgan fingerprint density at radius 1 is 0.880 bits per heavy atom. The monoisotopic (exact) mass is 679 g/mol. The van der Waals surface area contributed by atoms with E-state index in [1.807, 2.05) is 24.3 Å². The maximum Gasteiger partial charge on any atom is 0.282 e. The van der Waals surface area contributed by atoms with Crippen LogP contribution in [0.3, 0.4) is 0 Å². The molecule has 1 aliphatic carbocycles. The van der Waals surface area contributed by atoms with Gasteiger partial charge in [-0.15, -0.1) is 0 Å². The Balaban J connectivity index is 0.881. The van der Waals surface area contributed by atoms with E-state index < -0.39 is 29.7 Å². The number of amides is 5. The molecule has 0 spiro atoms. The summed E-state index contributed by atoms with van der Waals surface area (Å²) in [6, 6.07) is 7.18. The Labute approximate surface area is 292 Å². The molecular weight excluding hydrogens is 634 g/mol. The summed E-state index contributed by atoms with van der Waals surface area (Å²) in [4.78, 5) is 77.4. The molecule has 262 valence electrons. The number of imide groups is 2. The number of anilines is 1. The first-order chi connectivity index (χ1) is 23.8. The number of benzene rings is 1. The van der Waals surface area contributed by atoms with E-state index in [4.69, 9.17) is 0 Å². The smallest absolute Gasteiger partial charge is 0.282 e. The van der Waals surface area contributed by atoms with Crippen LogP contribution in [-0.2, 0) is 9.59 Å². The highest BCUT2D eigenvalue weighted by atomic mass is 16.2. The average molecular weight is 680 g/mol. The molecule has 1 saturated carbocycles. The minimum Gasteiger partial charge on any atom is -0.355 e. The largest absolute Gasteiger partial charge is 0.355 e. The van der Waals surface area contributed by atoms with Gasteiger partial charge in [0.25, 0.3) is 17.7 Å². The minimum atomic E-state index is -1.04. The molecule has 7 rings (SSSR count). The van der Waals surface area contributed by atoms with Crippen molar-refractivity contribution in [2.75, 3.05) is 31.1 Å². The van der Waals surface area contributed by atoms with Crippen LogP contribution < -0.4 is 15.5 Å². The third-order valence-corrected chi connectivity index (χ3v) is 11.3. The topological polar surface area (TPSA) is 145 Å². The predicted octanol–water partition coefficient (Wildman–Crippen LogP) is 3.16. The van der Waals surface area contributed by atoms with E-state index in [0.29, 0.717) is 23.3 Å². The Bertz CT molecular complexity index is 1780. The normalized spacial score (nSPS) is 24.3. The lowest BCUT2D eigenvalue weighted by atomic mass is 9.52. The summed E-state index contributed by atoms with van der Waals surface area (Å²) >= 11 is 0. The van der Waals surface area contributed by atoms with Gasteiger partial charge in [0, 0.05) is 48.6 Å². The molecule has 2 aromatic rings. The van der Waals surface area contributed by atoms with E-state index in [-0.39, 0.29) is 47.0 Å². The van der Waals surface area contributed by atoms with Crippen LogP contribution in [0.25, 0.3) is 0 Å². The van der Waals surface area contributed by atoms with Crippen molar-refractivity contribution in [3.63, 3.8) is 0 Å². The highest BCUT2D eigenvalue weighted by Crippen LogP contribution is 2.53. The number of hydrogen-bond donors (Lipinski definition) is 2. The molecule has 12 nitrogen and oxygen atoms in total. The predicted molar refractivity (Wildman–Crippen MR) is 185 cm³/mol. The van der Waals surface area contributed by atoms with Crippen molar-refractivity contribution in [3.8, 4) is 11.8 Å². The number of carbonyl (C=O) groups is 5. The number of nitrogens with one attached hydrogen (secondary N) is 2. The van der Waals surface area contributed by atoms with Crippen LogP contribution in [0.15, 0.2) is 30.5 Å². The van der Waals surface area contributed by atoms with Crippen molar-refractivity contribution >= 4 is 35.4 Å². The number of piperidine rings is 3. The molecule has 5 heterocycles. The van der Waals surface area contributed by atoms with E-state index in [0.717, 1.165) is 68.7 Å². The molecule has 12 heteroatoms. The third kappa shape index (κ3) is 6.39. The maximum atomic E-state index is 13.2. The van der Waals surface area contributed by atoms with Gasteiger partial charge in [0.15, 0.2) is 11.4 Å². The molecule has 4 aliphatic heterocycles. The Hall–Kier alpha value is -4.63. The van der Waals surface area contributed by atoms with Gasteiger partial charge in [-0.2, -0.15) is 0 Å². The Morgan fingerprint density at radius 3 is 2.18 bits per heavy atom.